The van der Waals surface area contributed by atoms with Gasteiger partial charge in [0.25, 0.3) is 0 Å². The Morgan fingerprint density at radius 1 is 1.38 bits per heavy atom. The summed E-state index contributed by atoms with van der Waals surface area (Å²) < 4.78 is 0. The number of hydrogen-bond donors (Lipinski definition) is 1. The Hall–Kier alpha value is -0.570. The maximum absolute atomic E-state index is 10.6. The van der Waals surface area contributed by atoms with Crippen LogP contribution in [0.4, 0.5) is 0 Å². The van der Waals surface area contributed by atoms with Crippen molar-refractivity contribution in [3.05, 3.63) is 0 Å². The summed E-state index contributed by atoms with van der Waals surface area (Å²) in [5, 5.41) is 8.75. The van der Waals surface area contributed by atoms with E-state index in [1.165, 1.54) is 12.8 Å². The minimum atomic E-state index is -0.654. The van der Waals surface area contributed by atoms with Gasteiger partial charge in [-0.25, -0.2) is 0 Å². The minimum absolute atomic E-state index is 0.336. The van der Waals surface area contributed by atoms with Crippen LogP contribution in [0.2, 0.25) is 0 Å². The maximum atomic E-state index is 10.6. The average molecular weight is 185 g/mol. The van der Waals surface area contributed by atoms with E-state index in [-0.39, 0.29) is 0 Å². The summed E-state index contributed by atoms with van der Waals surface area (Å²) in [6.07, 6.45) is 5.02. The molecule has 1 fully saturated rings. The third-order valence-electron chi connectivity index (χ3n) is 2.97. The van der Waals surface area contributed by atoms with E-state index >= 15 is 0 Å². The fourth-order valence-corrected chi connectivity index (χ4v) is 2.33. The Morgan fingerprint density at radius 3 is 2.54 bits per heavy atom. The Kier molecular flexibility index (Phi) is 3.72. The molecule has 0 aromatic rings. The lowest BCUT2D eigenvalue weighted by atomic mass is 9.82. The zero-order valence-corrected chi connectivity index (χ0v) is 8.49. The van der Waals surface area contributed by atoms with E-state index in [0.29, 0.717) is 18.4 Å². The SMILES string of the molecule is CN(C)C1CCCCC1CC(=O)O. The lowest BCUT2D eigenvalue weighted by molar-refractivity contribution is -0.138. The Balaban J connectivity index is 2.51. The van der Waals surface area contributed by atoms with Gasteiger partial charge >= 0.3 is 5.97 Å². The third-order valence-corrected chi connectivity index (χ3v) is 2.97. The number of hydrogen-bond acceptors (Lipinski definition) is 2. The quantitative estimate of drug-likeness (QED) is 0.725. The molecule has 0 radical (unpaired) electrons. The first-order valence-electron chi connectivity index (χ1n) is 4.99. The fourth-order valence-electron chi connectivity index (χ4n) is 2.33. The summed E-state index contributed by atoms with van der Waals surface area (Å²) in [4.78, 5) is 12.8. The van der Waals surface area contributed by atoms with Gasteiger partial charge in [-0.2, -0.15) is 0 Å². The van der Waals surface area contributed by atoms with Crippen molar-refractivity contribution in [1.82, 2.24) is 4.90 Å². The molecule has 1 N–H and O–H groups in total. The smallest absolute Gasteiger partial charge is 0.303 e. The molecule has 0 saturated heterocycles. The molecule has 3 heteroatoms. The van der Waals surface area contributed by atoms with Gasteiger partial charge < -0.3 is 10.0 Å². The predicted octanol–water partition coefficient (Wildman–Crippen LogP) is 1.58. The Labute approximate surface area is 79.7 Å². The molecule has 1 saturated carbocycles. The van der Waals surface area contributed by atoms with Gasteiger partial charge in [0.2, 0.25) is 0 Å². The lowest BCUT2D eigenvalue weighted by Gasteiger charge is -2.35. The predicted molar refractivity (Wildman–Crippen MR) is 51.7 cm³/mol. The van der Waals surface area contributed by atoms with Crippen molar-refractivity contribution in [3.8, 4) is 0 Å². The first kappa shape index (κ1) is 10.5. The second-order valence-electron chi connectivity index (χ2n) is 4.17. The molecule has 2 unspecified atom stereocenters. The van der Waals surface area contributed by atoms with E-state index in [4.69, 9.17) is 5.11 Å². The van der Waals surface area contributed by atoms with Gasteiger partial charge in [0.05, 0.1) is 0 Å². The number of carbonyl (C=O) groups is 1. The van der Waals surface area contributed by atoms with E-state index in [2.05, 4.69) is 4.90 Å². The molecule has 1 aliphatic carbocycles. The van der Waals surface area contributed by atoms with Crippen LogP contribution in [0.15, 0.2) is 0 Å². The van der Waals surface area contributed by atoms with Crippen LogP contribution in [0.25, 0.3) is 0 Å². The molecule has 2 atom stereocenters. The van der Waals surface area contributed by atoms with Crippen LogP contribution < -0.4 is 0 Å². The maximum Gasteiger partial charge on any atom is 0.303 e. The van der Waals surface area contributed by atoms with Crippen LogP contribution >= 0.6 is 0 Å². The Morgan fingerprint density at radius 2 is 2.00 bits per heavy atom. The second kappa shape index (κ2) is 4.61. The summed E-state index contributed by atoms with van der Waals surface area (Å²) in [7, 11) is 4.09. The number of carboxylic acids is 1. The summed E-state index contributed by atoms with van der Waals surface area (Å²) >= 11 is 0. The standard InChI is InChI=1S/C10H19NO2/c1-11(2)9-6-4-3-5-8(9)7-10(12)13/h8-9H,3-7H2,1-2H3,(H,12,13). The van der Waals surface area contributed by atoms with Crippen molar-refractivity contribution in [1.29, 1.82) is 0 Å². The average Bonchev–Trinajstić information content (AvgIpc) is 2.03. The number of rotatable bonds is 3. The number of carboxylic acid groups (broad SMARTS) is 1. The fraction of sp³-hybridized carbons (Fsp3) is 0.900. The third kappa shape index (κ3) is 2.99. The van der Waals surface area contributed by atoms with Crippen LogP contribution in [-0.2, 0) is 4.79 Å². The largest absolute Gasteiger partial charge is 0.481 e. The van der Waals surface area contributed by atoms with Gasteiger partial charge in [-0.1, -0.05) is 12.8 Å². The Bertz CT molecular complexity index is 180. The molecule has 0 heterocycles. The van der Waals surface area contributed by atoms with Crippen molar-refractivity contribution in [2.75, 3.05) is 14.1 Å². The highest BCUT2D eigenvalue weighted by Crippen LogP contribution is 2.29. The molecular weight excluding hydrogens is 166 g/mol. The van der Waals surface area contributed by atoms with Crippen LogP contribution in [0.1, 0.15) is 32.1 Å². The summed E-state index contributed by atoms with van der Waals surface area (Å²) in [5.74, 6) is -0.292. The molecule has 0 aromatic heterocycles. The molecule has 1 rings (SSSR count). The van der Waals surface area contributed by atoms with E-state index < -0.39 is 5.97 Å². The van der Waals surface area contributed by atoms with E-state index in [1.54, 1.807) is 0 Å². The van der Waals surface area contributed by atoms with E-state index in [9.17, 15) is 4.79 Å². The summed E-state index contributed by atoms with van der Waals surface area (Å²) in [6, 6.07) is 0.477. The van der Waals surface area contributed by atoms with E-state index in [1.807, 2.05) is 14.1 Å². The van der Waals surface area contributed by atoms with Crippen LogP contribution in [0.5, 0.6) is 0 Å². The summed E-state index contributed by atoms with van der Waals surface area (Å²) in [6.45, 7) is 0. The molecule has 13 heavy (non-hydrogen) atoms. The van der Waals surface area contributed by atoms with Gasteiger partial charge in [0.15, 0.2) is 0 Å². The number of aliphatic carboxylic acids is 1. The molecular formula is C10H19NO2. The van der Waals surface area contributed by atoms with Gasteiger partial charge in [0.1, 0.15) is 0 Å². The van der Waals surface area contributed by atoms with Gasteiger partial charge in [-0.15, -0.1) is 0 Å². The molecule has 0 aromatic carbocycles. The van der Waals surface area contributed by atoms with Crippen LogP contribution in [0, 0.1) is 5.92 Å². The van der Waals surface area contributed by atoms with Crippen molar-refractivity contribution < 1.29 is 9.90 Å². The topological polar surface area (TPSA) is 40.5 Å². The first-order valence-corrected chi connectivity index (χ1v) is 4.99. The monoisotopic (exact) mass is 185 g/mol. The minimum Gasteiger partial charge on any atom is -0.481 e. The first-order chi connectivity index (χ1) is 6.11. The molecule has 3 nitrogen and oxygen atoms in total. The van der Waals surface area contributed by atoms with Gasteiger partial charge in [0, 0.05) is 12.5 Å². The highest BCUT2D eigenvalue weighted by molar-refractivity contribution is 5.67. The highest BCUT2D eigenvalue weighted by atomic mass is 16.4. The van der Waals surface area contributed by atoms with Crippen molar-refractivity contribution in [2.45, 2.75) is 38.1 Å². The van der Waals surface area contributed by atoms with Crippen molar-refractivity contribution in [2.24, 2.45) is 5.92 Å². The number of nitrogens with zero attached hydrogens (tertiary/aromatic N) is 1. The zero-order valence-electron chi connectivity index (χ0n) is 8.49. The second-order valence-corrected chi connectivity index (χ2v) is 4.17. The van der Waals surface area contributed by atoms with Crippen molar-refractivity contribution in [3.63, 3.8) is 0 Å². The van der Waals surface area contributed by atoms with Crippen molar-refractivity contribution >= 4 is 5.97 Å². The van der Waals surface area contributed by atoms with Crippen LogP contribution in [0.3, 0.4) is 0 Å². The lowest BCUT2D eigenvalue weighted by Crippen LogP contribution is -2.38. The molecule has 1 aliphatic rings. The molecule has 0 amide bonds. The zero-order chi connectivity index (χ0) is 9.84. The molecule has 0 aliphatic heterocycles. The summed E-state index contributed by atoms with van der Waals surface area (Å²) in [5.41, 5.74) is 0. The molecule has 0 bridgehead atoms. The molecule has 76 valence electrons. The van der Waals surface area contributed by atoms with Gasteiger partial charge in [-0.05, 0) is 32.9 Å². The normalized spacial score (nSPS) is 29.2. The van der Waals surface area contributed by atoms with Gasteiger partial charge in [-0.3, -0.25) is 4.79 Å². The van der Waals surface area contributed by atoms with E-state index in [0.717, 1.165) is 12.8 Å². The molecule has 0 spiro atoms. The highest BCUT2D eigenvalue weighted by Gasteiger charge is 2.28. The van der Waals surface area contributed by atoms with Crippen LogP contribution in [-0.4, -0.2) is 36.1 Å².